The number of hydrogen-bond acceptors (Lipinski definition) is 6. The van der Waals surface area contributed by atoms with Gasteiger partial charge in [0.2, 0.25) is 17.7 Å². The van der Waals surface area contributed by atoms with E-state index in [9.17, 15) is 19.2 Å². The van der Waals surface area contributed by atoms with Crippen molar-refractivity contribution < 1.29 is 23.6 Å². The molecule has 1 aliphatic heterocycles. The molecule has 2 atom stereocenters. The third kappa shape index (κ3) is 8.54. The van der Waals surface area contributed by atoms with Crippen LogP contribution in [-0.4, -0.2) is 88.5 Å². The van der Waals surface area contributed by atoms with Gasteiger partial charge in [-0.05, 0) is 43.5 Å². The summed E-state index contributed by atoms with van der Waals surface area (Å²) >= 11 is 5.94. The number of nitrogens with one attached hydrogen (secondary N) is 3. The second-order valence-electron chi connectivity index (χ2n) is 11.4. The maximum atomic E-state index is 15.4. The molecule has 2 aromatic rings. The summed E-state index contributed by atoms with van der Waals surface area (Å²) in [5.74, 6) is -2.25. The zero-order chi connectivity index (χ0) is 31.1. The van der Waals surface area contributed by atoms with E-state index in [4.69, 9.17) is 11.6 Å². The number of halogens is 2. The highest BCUT2D eigenvalue weighted by Crippen LogP contribution is 2.28. The van der Waals surface area contributed by atoms with E-state index in [0.717, 1.165) is 45.2 Å². The standard InChI is InChI=1S/C30H41ClFN7O4/c1-4-26(40)33-23(30(43)39-14-12-37(2)13-15-39)17-19-10-11-22(21(32)16-19)34-29(42)27(20-8-6-5-7-9-20)35-28(41)24-18-25(31)36-38(24)3/h10-11,16,18,20,23,27H,4-9,12-15,17H2,1-3H3,(H,33,40)(H,34,42)(H,35,41)/t23-,27+/m1/s1. The van der Waals surface area contributed by atoms with Crippen LogP contribution in [0.3, 0.4) is 0 Å². The molecule has 0 unspecified atom stereocenters. The minimum Gasteiger partial charge on any atom is -0.344 e. The van der Waals surface area contributed by atoms with Gasteiger partial charge in [0, 0.05) is 52.1 Å². The summed E-state index contributed by atoms with van der Waals surface area (Å²) in [6.07, 6.45) is 4.79. The molecular weight excluding hydrogens is 577 g/mol. The van der Waals surface area contributed by atoms with Gasteiger partial charge >= 0.3 is 0 Å². The number of aryl methyl sites for hydroxylation is 1. The second-order valence-corrected chi connectivity index (χ2v) is 11.8. The minimum absolute atomic E-state index is 0.0353. The van der Waals surface area contributed by atoms with Crippen LogP contribution >= 0.6 is 11.6 Å². The molecule has 0 spiro atoms. The predicted octanol–water partition coefficient (Wildman–Crippen LogP) is 2.74. The number of rotatable bonds is 10. The van der Waals surface area contributed by atoms with Crippen molar-refractivity contribution in [2.45, 2.75) is 64.0 Å². The molecule has 2 heterocycles. The number of piperazine rings is 1. The summed E-state index contributed by atoms with van der Waals surface area (Å²) in [4.78, 5) is 55.9. The molecule has 1 saturated heterocycles. The predicted molar refractivity (Wildman–Crippen MR) is 161 cm³/mol. The zero-order valence-electron chi connectivity index (χ0n) is 25.0. The van der Waals surface area contributed by atoms with Gasteiger partial charge < -0.3 is 25.8 Å². The van der Waals surface area contributed by atoms with E-state index < -0.39 is 29.7 Å². The van der Waals surface area contributed by atoms with Gasteiger partial charge in [0.15, 0.2) is 5.15 Å². The Balaban J connectivity index is 1.47. The molecule has 13 heteroatoms. The molecule has 1 aliphatic carbocycles. The van der Waals surface area contributed by atoms with E-state index in [-0.39, 0.29) is 47.1 Å². The van der Waals surface area contributed by atoms with Crippen LogP contribution in [-0.2, 0) is 27.9 Å². The lowest BCUT2D eigenvalue weighted by molar-refractivity contribution is -0.137. The van der Waals surface area contributed by atoms with Gasteiger partial charge in [0.1, 0.15) is 23.6 Å². The van der Waals surface area contributed by atoms with E-state index in [1.807, 2.05) is 7.05 Å². The first kappa shape index (κ1) is 32.4. The van der Waals surface area contributed by atoms with E-state index in [2.05, 4.69) is 25.9 Å². The first-order valence-electron chi connectivity index (χ1n) is 14.9. The van der Waals surface area contributed by atoms with Gasteiger partial charge in [0.05, 0.1) is 5.69 Å². The summed E-state index contributed by atoms with van der Waals surface area (Å²) in [6, 6.07) is 4.06. The van der Waals surface area contributed by atoms with Gasteiger partial charge in [-0.1, -0.05) is 43.9 Å². The molecule has 11 nitrogen and oxygen atoms in total. The Kier molecular flexibility index (Phi) is 11.1. The number of anilines is 1. The van der Waals surface area contributed by atoms with Crippen LogP contribution in [0.2, 0.25) is 5.15 Å². The summed E-state index contributed by atoms with van der Waals surface area (Å²) in [5, 5.41) is 12.4. The molecule has 2 aliphatic rings. The highest BCUT2D eigenvalue weighted by Gasteiger charge is 2.33. The number of benzene rings is 1. The van der Waals surface area contributed by atoms with E-state index >= 15 is 4.39 Å². The summed E-state index contributed by atoms with van der Waals surface area (Å²) in [6.45, 7) is 4.29. The Hall–Kier alpha value is -3.51. The average molecular weight is 618 g/mol. The minimum atomic E-state index is -0.879. The number of likely N-dealkylation sites (N-methyl/N-ethyl adjacent to an activating group) is 1. The lowest BCUT2D eigenvalue weighted by atomic mass is 9.83. The molecule has 1 aromatic heterocycles. The maximum Gasteiger partial charge on any atom is 0.270 e. The average Bonchev–Trinajstić information content (AvgIpc) is 3.34. The van der Waals surface area contributed by atoms with Crippen LogP contribution in [0.4, 0.5) is 10.1 Å². The largest absolute Gasteiger partial charge is 0.344 e. The van der Waals surface area contributed by atoms with Crippen LogP contribution in [0.5, 0.6) is 0 Å². The summed E-state index contributed by atoms with van der Waals surface area (Å²) < 4.78 is 16.7. The first-order chi connectivity index (χ1) is 20.5. The Morgan fingerprint density at radius 3 is 2.33 bits per heavy atom. The van der Waals surface area contributed by atoms with Crippen molar-refractivity contribution in [3.63, 3.8) is 0 Å². The van der Waals surface area contributed by atoms with Crippen LogP contribution in [0.1, 0.15) is 61.5 Å². The normalized spacial score (nSPS) is 17.7. The molecule has 234 valence electrons. The molecule has 4 rings (SSSR count). The fourth-order valence-corrected chi connectivity index (χ4v) is 5.92. The van der Waals surface area contributed by atoms with Gasteiger partial charge in [0.25, 0.3) is 5.91 Å². The van der Waals surface area contributed by atoms with Gasteiger partial charge in [-0.3, -0.25) is 23.9 Å². The van der Waals surface area contributed by atoms with Gasteiger partial charge in [-0.15, -0.1) is 0 Å². The summed E-state index contributed by atoms with van der Waals surface area (Å²) in [5.41, 5.74) is 0.682. The van der Waals surface area contributed by atoms with Crippen molar-refractivity contribution in [2.75, 3.05) is 38.5 Å². The van der Waals surface area contributed by atoms with Crippen molar-refractivity contribution >= 4 is 40.9 Å². The Morgan fingerprint density at radius 2 is 1.72 bits per heavy atom. The Bertz CT molecular complexity index is 1320. The van der Waals surface area contributed by atoms with Crippen LogP contribution < -0.4 is 16.0 Å². The quantitative estimate of drug-likeness (QED) is 0.376. The van der Waals surface area contributed by atoms with Gasteiger partial charge in [-0.2, -0.15) is 5.10 Å². The van der Waals surface area contributed by atoms with Crippen molar-refractivity contribution in [2.24, 2.45) is 13.0 Å². The van der Waals surface area contributed by atoms with Crippen molar-refractivity contribution in [1.29, 1.82) is 0 Å². The number of hydrogen-bond donors (Lipinski definition) is 3. The summed E-state index contributed by atoms with van der Waals surface area (Å²) in [7, 11) is 3.58. The van der Waals surface area contributed by atoms with Crippen molar-refractivity contribution in [1.82, 2.24) is 30.2 Å². The van der Waals surface area contributed by atoms with E-state index in [1.165, 1.54) is 22.9 Å². The first-order valence-corrected chi connectivity index (χ1v) is 15.3. The number of nitrogens with zero attached hydrogens (tertiary/aromatic N) is 4. The smallest absolute Gasteiger partial charge is 0.270 e. The lowest BCUT2D eigenvalue weighted by Crippen LogP contribution is -2.54. The number of aromatic nitrogens is 2. The van der Waals surface area contributed by atoms with Crippen LogP contribution in [0, 0.1) is 11.7 Å². The van der Waals surface area contributed by atoms with Gasteiger partial charge in [-0.25, -0.2) is 4.39 Å². The molecule has 1 aromatic carbocycles. The highest BCUT2D eigenvalue weighted by molar-refractivity contribution is 6.29. The number of amides is 4. The fraction of sp³-hybridized carbons (Fsp3) is 0.567. The molecule has 1 saturated carbocycles. The topological polar surface area (TPSA) is 129 Å². The highest BCUT2D eigenvalue weighted by atomic mass is 35.5. The molecule has 0 radical (unpaired) electrons. The fourth-order valence-electron chi connectivity index (χ4n) is 5.70. The monoisotopic (exact) mass is 617 g/mol. The third-order valence-corrected chi connectivity index (χ3v) is 8.46. The number of carbonyl (C=O) groups is 4. The molecule has 3 N–H and O–H groups in total. The van der Waals surface area contributed by atoms with Crippen LogP contribution in [0.15, 0.2) is 24.3 Å². The lowest BCUT2D eigenvalue weighted by Gasteiger charge is -2.34. The van der Waals surface area contributed by atoms with E-state index in [1.54, 1.807) is 24.9 Å². The SMILES string of the molecule is CCC(=O)N[C@H](Cc1ccc(NC(=O)[C@@H](NC(=O)c2cc(Cl)nn2C)C2CCCCC2)c(F)c1)C(=O)N1CCN(C)CC1. The van der Waals surface area contributed by atoms with E-state index in [0.29, 0.717) is 18.7 Å². The number of carbonyl (C=O) groups excluding carboxylic acids is 4. The third-order valence-electron chi connectivity index (χ3n) is 8.27. The Labute approximate surface area is 256 Å². The molecule has 43 heavy (non-hydrogen) atoms. The van der Waals surface area contributed by atoms with Crippen molar-refractivity contribution in [3.05, 3.63) is 46.5 Å². The molecule has 2 fully saturated rings. The van der Waals surface area contributed by atoms with Crippen LogP contribution in [0.25, 0.3) is 0 Å². The molecule has 0 bridgehead atoms. The Morgan fingerprint density at radius 1 is 1.02 bits per heavy atom. The maximum absolute atomic E-state index is 15.4. The second kappa shape index (κ2) is 14.8. The molecular formula is C30H41ClFN7O4. The zero-order valence-corrected chi connectivity index (χ0v) is 25.8. The molecule has 4 amide bonds. The van der Waals surface area contributed by atoms with Crippen molar-refractivity contribution in [3.8, 4) is 0 Å².